The highest BCUT2D eigenvalue weighted by atomic mass is 32.2. The first-order valence-electron chi connectivity index (χ1n) is 8.19. The summed E-state index contributed by atoms with van der Waals surface area (Å²) in [6.45, 7) is 2.43. The summed E-state index contributed by atoms with van der Waals surface area (Å²) in [6, 6.07) is 6.44. The van der Waals surface area contributed by atoms with Gasteiger partial charge in [-0.1, -0.05) is 6.92 Å². The summed E-state index contributed by atoms with van der Waals surface area (Å²) < 4.78 is 37.4. The van der Waals surface area contributed by atoms with Crippen LogP contribution in [0.4, 0.5) is 0 Å². The zero-order valence-corrected chi connectivity index (χ0v) is 15.4. The van der Waals surface area contributed by atoms with Crippen LogP contribution < -0.4 is 9.46 Å². The minimum Gasteiger partial charge on any atom is -0.495 e. The first-order valence-corrected chi connectivity index (χ1v) is 9.68. The van der Waals surface area contributed by atoms with E-state index in [1.807, 2.05) is 11.5 Å². The third kappa shape index (κ3) is 3.94. The van der Waals surface area contributed by atoms with Crippen LogP contribution in [0.2, 0.25) is 0 Å². The van der Waals surface area contributed by atoms with E-state index in [9.17, 15) is 8.42 Å². The van der Waals surface area contributed by atoms with E-state index in [1.165, 1.54) is 7.11 Å². The van der Waals surface area contributed by atoms with Gasteiger partial charge in [-0.15, -0.1) is 0 Å². The fraction of sp³-hybridized carbons (Fsp3) is 0.294. The van der Waals surface area contributed by atoms with Gasteiger partial charge in [-0.3, -0.25) is 0 Å². The summed E-state index contributed by atoms with van der Waals surface area (Å²) in [4.78, 5) is 4.07. The molecule has 2 heterocycles. The molecule has 0 amide bonds. The van der Waals surface area contributed by atoms with Gasteiger partial charge in [0.05, 0.1) is 19.1 Å². The zero-order chi connectivity index (χ0) is 18.6. The standard InChI is InChI=1S/C17H21N5O3S/c1-3-14(12-21-10-8-18-13-21)20-26(23,24)17-11-15(5-6-16(17)25-2)22-9-4-7-19-22/h4-11,13-14,20H,3,12H2,1-2H3. The van der Waals surface area contributed by atoms with Gasteiger partial charge < -0.3 is 9.30 Å². The fourth-order valence-corrected chi connectivity index (χ4v) is 4.12. The first kappa shape index (κ1) is 18.2. The van der Waals surface area contributed by atoms with Crippen LogP contribution in [0.25, 0.3) is 5.69 Å². The number of rotatable bonds is 8. The van der Waals surface area contributed by atoms with E-state index in [2.05, 4.69) is 14.8 Å². The van der Waals surface area contributed by atoms with Crippen molar-refractivity contribution in [3.8, 4) is 11.4 Å². The van der Waals surface area contributed by atoms with Gasteiger partial charge in [0.15, 0.2) is 0 Å². The van der Waals surface area contributed by atoms with Crippen LogP contribution in [-0.2, 0) is 16.6 Å². The van der Waals surface area contributed by atoms with Crippen molar-refractivity contribution in [3.05, 3.63) is 55.4 Å². The molecular formula is C17H21N5O3S. The topological polar surface area (TPSA) is 91.0 Å². The number of nitrogens with one attached hydrogen (secondary N) is 1. The monoisotopic (exact) mass is 375 g/mol. The van der Waals surface area contributed by atoms with Crippen molar-refractivity contribution in [2.24, 2.45) is 0 Å². The molecule has 138 valence electrons. The summed E-state index contributed by atoms with van der Waals surface area (Å²) in [5.74, 6) is 0.283. The number of ether oxygens (including phenoxy) is 1. The van der Waals surface area contributed by atoms with Crippen molar-refractivity contribution >= 4 is 10.0 Å². The van der Waals surface area contributed by atoms with Gasteiger partial charge in [0.25, 0.3) is 0 Å². The second kappa shape index (κ2) is 7.71. The second-order valence-electron chi connectivity index (χ2n) is 5.77. The molecule has 0 radical (unpaired) electrons. The molecule has 0 saturated heterocycles. The lowest BCUT2D eigenvalue weighted by atomic mass is 10.2. The number of hydrogen-bond donors (Lipinski definition) is 1. The summed E-state index contributed by atoms with van der Waals surface area (Å²) in [7, 11) is -2.33. The Morgan fingerprint density at radius 2 is 2.12 bits per heavy atom. The van der Waals surface area contributed by atoms with Crippen LogP contribution in [-0.4, -0.2) is 40.9 Å². The fourth-order valence-electron chi connectivity index (χ4n) is 2.62. The van der Waals surface area contributed by atoms with E-state index in [4.69, 9.17) is 4.74 Å². The van der Waals surface area contributed by atoms with Gasteiger partial charge >= 0.3 is 0 Å². The molecule has 8 nitrogen and oxygen atoms in total. The summed E-state index contributed by atoms with van der Waals surface area (Å²) in [5, 5.41) is 4.14. The quantitative estimate of drug-likeness (QED) is 0.649. The van der Waals surface area contributed by atoms with Gasteiger partial charge in [-0.05, 0) is 30.7 Å². The SMILES string of the molecule is CCC(Cn1ccnc1)NS(=O)(=O)c1cc(-n2cccn2)ccc1OC. The van der Waals surface area contributed by atoms with Gasteiger partial charge in [0, 0.05) is 37.4 Å². The smallest absolute Gasteiger partial charge is 0.244 e. The van der Waals surface area contributed by atoms with E-state index in [0.29, 0.717) is 18.7 Å². The molecule has 0 fully saturated rings. The molecule has 1 aromatic carbocycles. The van der Waals surface area contributed by atoms with Gasteiger partial charge in [0.2, 0.25) is 10.0 Å². The Morgan fingerprint density at radius 1 is 1.27 bits per heavy atom. The van der Waals surface area contributed by atoms with Crippen LogP contribution in [0.5, 0.6) is 5.75 Å². The Hall–Kier alpha value is -2.65. The normalized spacial score (nSPS) is 12.8. The number of hydrogen-bond acceptors (Lipinski definition) is 5. The highest BCUT2D eigenvalue weighted by Crippen LogP contribution is 2.26. The Balaban J connectivity index is 1.90. The number of imidazole rings is 1. The van der Waals surface area contributed by atoms with Crippen molar-refractivity contribution in [3.63, 3.8) is 0 Å². The lowest BCUT2D eigenvalue weighted by Crippen LogP contribution is -2.37. The number of methoxy groups -OCH3 is 1. The molecule has 0 saturated carbocycles. The predicted molar refractivity (Wildman–Crippen MR) is 96.7 cm³/mol. The third-order valence-electron chi connectivity index (χ3n) is 4.01. The molecule has 1 atom stereocenters. The molecule has 9 heteroatoms. The minimum absolute atomic E-state index is 0.0806. The predicted octanol–water partition coefficient (Wildman–Crippen LogP) is 1.83. The lowest BCUT2D eigenvalue weighted by Gasteiger charge is -2.19. The molecule has 0 aliphatic carbocycles. The first-order chi connectivity index (χ1) is 12.5. The molecule has 26 heavy (non-hydrogen) atoms. The van der Waals surface area contributed by atoms with Gasteiger partial charge in [0.1, 0.15) is 10.6 Å². The van der Waals surface area contributed by atoms with E-state index in [0.717, 1.165) is 0 Å². The molecule has 0 bridgehead atoms. The minimum atomic E-state index is -3.78. The Kier molecular flexibility index (Phi) is 5.38. The van der Waals surface area contributed by atoms with E-state index >= 15 is 0 Å². The summed E-state index contributed by atoms with van der Waals surface area (Å²) >= 11 is 0. The molecule has 3 rings (SSSR count). The highest BCUT2D eigenvalue weighted by molar-refractivity contribution is 7.89. The van der Waals surface area contributed by atoms with Crippen molar-refractivity contribution in [1.29, 1.82) is 0 Å². The Labute approximate surface area is 152 Å². The molecule has 1 unspecified atom stereocenters. The molecular weight excluding hydrogens is 354 g/mol. The maximum Gasteiger partial charge on any atom is 0.244 e. The van der Waals surface area contributed by atoms with Crippen LogP contribution in [0.1, 0.15) is 13.3 Å². The molecule has 0 aliphatic heterocycles. The summed E-state index contributed by atoms with van der Waals surface area (Å²) in [5.41, 5.74) is 0.638. The van der Waals surface area contributed by atoms with E-state index in [-0.39, 0.29) is 16.7 Å². The largest absolute Gasteiger partial charge is 0.495 e. The molecule has 0 aliphatic rings. The van der Waals surface area contributed by atoms with Crippen LogP contribution in [0.15, 0.2) is 60.3 Å². The maximum atomic E-state index is 13.0. The van der Waals surface area contributed by atoms with E-state index in [1.54, 1.807) is 60.1 Å². The number of nitrogens with zero attached hydrogens (tertiary/aromatic N) is 4. The average molecular weight is 375 g/mol. The number of sulfonamides is 1. The van der Waals surface area contributed by atoms with Gasteiger partial charge in [-0.2, -0.15) is 5.10 Å². The lowest BCUT2D eigenvalue weighted by molar-refractivity contribution is 0.401. The second-order valence-corrected chi connectivity index (χ2v) is 7.45. The highest BCUT2D eigenvalue weighted by Gasteiger charge is 2.24. The van der Waals surface area contributed by atoms with Crippen LogP contribution in [0, 0.1) is 0 Å². The number of aromatic nitrogens is 4. The molecule has 3 aromatic rings. The Bertz CT molecular complexity index is 937. The van der Waals surface area contributed by atoms with Crippen molar-refractivity contribution in [2.75, 3.05) is 7.11 Å². The van der Waals surface area contributed by atoms with Crippen molar-refractivity contribution < 1.29 is 13.2 Å². The van der Waals surface area contributed by atoms with E-state index < -0.39 is 10.0 Å². The van der Waals surface area contributed by atoms with Crippen LogP contribution >= 0.6 is 0 Å². The van der Waals surface area contributed by atoms with Crippen molar-refractivity contribution in [1.82, 2.24) is 24.1 Å². The maximum absolute atomic E-state index is 13.0. The third-order valence-corrected chi connectivity index (χ3v) is 5.55. The van der Waals surface area contributed by atoms with Crippen LogP contribution in [0.3, 0.4) is 0 Å². The van der Waals surface area contributed by atoms with Gasteiger partial charge in [-0.25, -0.2) is 22.8 Å². The molecule has 1 N–H and O–H groups in total. The number of benzene rings is 1. The molecule has 0 spiro atoms. The summed E-state index contributed by atoms with van der Waals surface area (Å²) in [6.07, 6.45) is 9.15. The molecule has 2 aromatic heterocycles. The Morgan fingerprint density at radius 3 is 2.73 bits per heavy atom. The van der Waals surface area contributed by atoms with Crippen molar-refractivity contribution in [2.45, 2.75) is 30.8 Å². The average Bonchev–Trinajstić information content (AvgIpc) is 3.34. The zero-order valence-electron chi connectivity index (χ0n) is 14.6.